The van der Waals surface area contributed by atoms with Gasteiger partial charge in [-0.15, -0.1) is 12.4 Å². The lowest BCUT2D eigenvalue weighted by atomic mass is 10.1. The molecule has 0 radical (unpaired) electrons. The summed E-state index contributed by atoms with van der Waals surface area (Å²) < 4.78 is 0. The third-order valence-corrected chi connectivity index (χ3v) is 2.42. The molecule has 0 amide bonds. The number of hydrogen-bond donors (Lipinski definition) is 2. The molecule has 0 fully saturated rings. The summed E-state index contributed by atoms with van der Waals surface area (Å²) in [5, 5.41) is 1.31. The Kier molecular flexibility index (Phi) is 3.55. The van der Waals surface area contributed by atoms with Gasteiger partial charge in [-0.3, -0.25) is 0 Å². The molecule has 3 heteroatoms. The predicted octanol–water partition coefficient (Wildman–Crippen LogP) is 2.40. The molecule has 0 saturated carbocycles. The Labute approximate surface area is 89.9 Å². The maximum absolute atomic E-state index is 5.53. The SMILES string of the molecule is Cc1cccc2c(CCN)c[nH]c12.Cl. The van der Waals surface area contributed by atoms with Gasteiger partial charge in [0.25, 0.3) is 0 Å². The molecule has 14 heavy (non-hydrogen) atoms. The third-order valence-electron chi connectivity index (χ3n) is 2.42. The lowest BCUT2D eigenvalue weighted by molar-refractivity contribution is 0.976. The average Bonchev–Trinajstić information content (AvgIpc) is 2.51. The monoisotopic (exact) mass is 210 g/mol. The van der Waals surface area contributed by atoms with Crippen molar-refractivity contribution in [1.82, 2.24) is 4.98 Å². The fourth-order valence-electron chi connectivity index (χ4n) is 1.73. The Bertz CT molecular complexity index is 420. The number of para-hydroxylation sites is 1. The fraction of sp³-hybridized carbons (Fsp3) is 0.273. The van der Waals surface area contributed by atoms with Gasteiger partial charge in [-0.25, -0.2) is 0 Å². The summed E-state index contributed by atoms with van der Waals surface area (Å²) in [5.74, 6) is 0. The molecule has 0 spiro atoms. The standard InChI is InChI=1S/C11H14N2.ClH/c1-8-3-2-4-10-9(5-6-12)7-13-11(8)10;/h2-4,7,13H,5-6,12H2,1H3;1H. The van der Waals surface area contributed by atoms with Crippen molar-refractivity contribution in [2.24, 2.45) is 5.73 Å². The molecule has 0 aliphatic rings. The first-order chi connectivity index (χ1) is 6.33. The molecule has 2 nitrogen and oxygen atoms in total. The lowest BCUT2D eigenvalue weighted by Gasteiger charge is -1.97. The van der Waals surface area contributed by atoms with Crippen molar-refractivity contribution in [3.8, 4) is 0 Å². The van der Waals surface area contributed by atoms with E-state index in [4.69, 9.17) is 5.73 Å². The first-order valence-corrected chi connectivity index (χ1v) is 4.58. The van der Waals surface area contributed by atoms with Gasteiger partial charge >= 0.3 is 0 Å². The molecule has 0 aliphatic heterocycles. The number of halogens is 1. The highest BCUT2D eigenvalue weighted by Crippen LogP contribution is 2.20. The van der Waals surface area contributed by atoms with Crippen molar-refractivity contribution in [2.75, 3.05) is 6.54 Å². The largest absolute Gasteiger partial charge is 0.361 e. The van der Waals surface area contributed by atoms with Crippen molar-refractivity contribution in [2.45, 2.75) is 13.3 Å². The van der Waals surface area contributed by atoms with Crippen LogP contribution in [-0.4, -0.2) is 11.5 Å². The number of aromatic amines is 1. The number of aryl methyl sites for hydroxylation is 1. The topological polar surface area (TPSA) is 41.8 Å². The van der Waals surface area contributed by atoms with E-state index in [1.165, 1.54) is 22.0 Å². The zero-order valence-corrected chi connectivity index (χ0v) is 9.03. The van der Waals surface area contributed by atoms with Crippen LogP contribution in [0.15, 0.2) is 24.4 Å². The smallest absolute Gasteiger partial charge is 0.0486 e. The highest BCUT2D eigenvalue weighted by atomic mass is 35.5. The van der Waals surface area contributed by atoms with E-state index in [-0.39, 0.29) is 12.4 Å². The second-order valence-corrected chi connectivity index (χ2v) is 3.35. The second kappa shape index (κ2) is 4.49. The Balaban J connectivity index is 0.000000980. The van der Waals surface area contributed by atoms with E-state index in [1.807, 2.05) is 0 Å². The van der Waals surface area contributed by atoms with Crippen molar-refractivity contribution in [3.05, 3.63) is 35.5 Å². The van der Waals surface area contributed by atoms with Crippen LogP contribution in [0.3, 0.4) is 0 Å². The molecular formula is C11H15ClN2. The van der Waals surface area contributed by atoms with E-state index in [1.54, 1.807) is 0 Å². The number of aromatic nitrogens is 1. The first-order valence-electron chi connectivity index (χ1n) is 4.58. The summed E-state index contributed by atoms with van der Waals surface area (Å²) in [6, 6.07) is 6.35. The first kappa shape index (κ1) is 11.1. The Morgan fingerprint density at radius 1 is 1.36 bits per heavy atom. The molecule has 1 aromatic heterocycles. The number of rotatable bonds is 2. The summed E-state index contributed by atoms with van der Waals surface area (Å²) in [7, 11) is 0. The maximum atomic E-state index is 5.53. The highest BCUT2D eigenvalue weighted by Gasteiger charge is 2.03. The third kappa shape index (κ3) is 1.76. The summed E-state index contributed by atoms with van der Waals surface area (Å²) >= 11 is 0. The molecule has 2 aromatic rings. The highest BCUT2D eigenvalue weighted by molar-refractivity contribution is 5.86. The van der Waals surface area contributed by atoms with Gasteiger partial charge in [-0.1, -0.05) is 18.2 Å². The molecule has 0 saturated heterocycles. The molecular weight excluding hydrogens is 196 g/mol. The minimum Gasteiger partial charge on any atom is -0.361 e. The van der Waals surface area contributed by atoms with Crippen molar-refractivity contribution in [1.29, 1.82) is 0 Å². The molecule has 2 rings (SSSR count). The van der Waals surface area contributed by atoms with E-state index >= 15 is 0 Å². The quantitative estimate of drug-likeness (QED) is 0.786. The number of nitrogens with two attached hydrogens (primary N) is 1. The van der Waals surface area contributed by atoms with Crippen LogP contribution < -0.4 is 5.73 Å². The maximum Gasteiger partial charge on any atom is 0.0486 e. The molecule has 0 aliphatic carbocycles. The number of hydrogen-bond acceptors (Lipinski definition) is 1. The summed E-state index contributed by atoms with van der Waals surface area (Å²) in [4.78, 5) is 3.29. The molecule has 3 N–H and O–H groups in total. The molecule has 0 atom stereocenters. The summed E-state index contributed by atoms with van der Waals surface area (Å²) in [6.45, 7) is 2.83. The average molecular weight is 211 g/mol. The van der Waals surface area contributed by atoms with Gasteiger partial charge in [0.2, 0.25) is 0 Å². The van der Waals surface area contributed by atoms with Crippen molar-refractivity contribution >= 4 is 23.3 Å². The van der Waals surface area contributed by atoms with Crippen molar-refractivity contribution in [3.63, 3.8) is 0 Å². The van der Waals surface area contributed by atoms with Crippen LogP contribution in [0.4, 0.5) is 0 Å². The van der Waals surface area contributed by atoms with Crippen LogP contribution in [0.1, 0.15) is 11.1 Å². The Morgan fingerprint density at radius 2 is 2.14 bits per heavy atom. The van der Waals surface area contributed by atoms with Gasteiger partial charge in [-0.2, -0.15) is 0 Å². The van der Waals surface area contributed by atoms with Crippen LogP contribution in [0.2, 0.25) is 0 Å². The van der Waals surface area contributed by atoms with Crippen LogP contribution in [0.25, 0.3) is 10.9 Å². The minimum atomic E-state index is 0. The number of nitrogens with one attached hydrogen (secondary N) is 1. The summed E-state index contributed by atoms with van der Waals surface area (Å²) in [5.41, 5.74) is 9.39. The van der Waals surface area contributed by atoms with Crippen LogP contribution in [0, 0.1) is 6.92 Å². The molecule has 0 unspecified atom stereocenters. The zero-order valence-electron chi connectivity index (χ0n) is 8.21. The van der Waals surface area contributed by atoms with Gasteiger partial charge in [0.05, 0.1) is 0 Å². The summed E-state index contributed by atoms with van der Waals surface area (Å²) in [6.07, 6.45) is 3.01. The minimum absolute atomic E-state index is 0. The van der Waals surface area contributed by atoms with Crippen LogP contribution in [0.5, 0.6) is 0 Å². The fourth-order valence-corrected chi connectivity index (χ4v) is 1.73. The number of benzene rings is 1. The Morgan fingerprint density at radius 3 is 2.86 bits per heavy atom. The van der Waals surface area contributed by atoms with E-state index < -0.39 is 0 Å². The van der Waals surface area contributed by atoms with Crippen LogP contribution in [-0.2, 0) is 6.42 Å². The molecule has 1 aromatic carbocycles. The number of H-pyrrole nitrogens is 1. The van der Waals surface area contributed by atoms with Gasteiger partial charge in [0.1, 0.15) is 0 Å². The van der Waals surface area contributed by atoms with Crippen molar-refractivity contribution < 1.29 is 0 Å². The predicted molar refractivity (Wildman–Crippen MR) is 63.0 cm³/mol. The normalized spacial score (nSPS) is 10.1. The second-order valence-electron chi connectivity index (χ2n) is 3.35. The van der Waals surface area contributed by atoms with E-state index in [2.05, 4.69) is 36.3 Å². The molecule has 0 bridgehead atoms. The number of fused-ring (bicyclic) bond motifs is 1. The molecule has 1 heterocycles. The van der Waals surface area contributed by atoms with Crippen LogP contribution >= 0.6 is 12.4 Å². The van der Waals surface area contributed by atoms with Gasteiger partial charge in [0, 0.05) is 17.1 Å². The van der Waals surface area contributed by atoms with Gasteiger partial charge in [0.15, 0.2) is 0 Å². The zero-order chi connectivity index (χ0) is 9.26. The lowest BCUT2D eigenvalue weighted by Crippen LogP contribution is -2.01. The van der Waals surface area contributed by atoms with E-state index in [0.717, 1.165) is 6.42 Å². The molecule has 76 valence electrons. The van der Waals surface area contributed by atoms with Gasteiger partial charge < -0.3 is 10.7 Å². The van der Waals surface area contributed by atoms with E-state index in [9.17, 15) is 0 Å². The Hall–Kier alpha value is -0.990. The van der Waals surface area contributed by atoms with Gasteiger partial charge in [-0.05, 0) is 31.0 Å². The van der Waals surface area contributed by atoms with E-state index in [0.29, 0.717) is 6.54 Å².